The monoisotopic (exact) mass is 384 g/mol. The zero-order valence-corrected chi connectivity index (χ0v) is 17.0. The number of pyridine rings is 1. The molecule has 1 aromatic heterocycles. The van der Waals surface area contributed by atoms with Crippen molar-refractivity contribution >= 4 is 18.1 Å². The van der Waals surface area contributed by atoms with Crippen molar-refractivity contribution < 1.29 is 14.4 Å². The van der Waals surface area contributed by atoms with Crippen LogP contribution in [0.15, 0.2) is 42.6 Å². The fraction of sp³-hybridized carbons (Fsp3) is 0.304. The molecule has 1 aromatic carbocycles. The lowest BCUT2D eigenvalue weighted by molar-refractivity contribution is 0.0700. The number of aryl methyl sites for hydroxylation is 2. The second-order valence-electron chi connectivity index (χ2n) is 6.33. The molecule has 0 radical (unpaired) electrons. The molecule has 0 spiro atoms. The Morgan fingerprint density at radius 1 is 1.18 bits per heavy atom. The van der Waals surface area contributed by atoms with Gasteiger partial charge in [0.25, 0.3) is 5.91 Å². The van der Waals surface area contributed by atoms with Crippen LogP contribution in [-0.4, -0.2) is 16.1 Å². The molecule has 2 N–H and O–H groups in total. The highest BCUT2D eigenvalue weighted by molar-refractivity contribution is 5.96. The van der Waals surface area contributed by atoms with Crippen molar-refractivity contribution in [2.45, 2.75) is 47.0 Å². The van der Waals surface area contributed by atoms with E-state index in [0.717, 1.165) is 29.5 Å². The molecule has 0 aliphatic heterocycles. The lowest BCUT2D eigenvalue weighted by Gasteiger charge is -2.10. The maximum Gasteiger partial charge on any atom is 0.293 e. The molecule has 2 rings (SSSR count). The zero-order valence-electron chi connectivity index (χ0n) is 17.0. The molecule has 0 saturated heterocycles. The van der Waals surface area contributed by atoms with E-state index in [1.165, 1.54) is 18.6 Å². The van der Waals surface area contributed by atoms with E-state index in [1.54, 1.807) is 29.9 Å². The highest BCUT2D eigenvalue weighted by atomic mass is 19.1. The molecule has 1 heterocycles. The number of rotatable bonds is 6. The first kappa shape index (κ1) is 23.2. The molecular formula is C23H29FN2O2. The van der Waals surface area contributed by atoms with Gasteiger partial charge in [-0.2, -0.15) is 0 Å². The Morgan fingerprint density at radius 2 is 1.82 bits per heavy atom. The average Bonchev–Trinajstić information content (AvgIpc) is 2.68. The van der Waals surface area contributed by atoms with Crippen LogP contribution in [0.2, 0.25) is 0 Å². The second kappa shape index (κ2) is 12.6. The highest BCUT2D eigenvalue weighted by Crippen LogP contribution is 2.21. The van der Waals surface area contributed by atoms with E-state index in [1.807, 2.05) is 32.1 Å². The largest absolute Gasteiger partial charge is 0.293 e. The van der Waals surface area contributed by atoms with Crippen LogP contribution in [0, 0.1) is 12.7 Å². The Kier molecular flexibility index (Phi) is 10.4. The maximum absolute atomic E-state index is 12.9. The minimum Gasteiger partial charge on any atom is -0.288 e. The number of hydroxylamine groups is 1. The topological polar surface area (TPSA) is 62.2 Å². The van der Waals surface area contributed by atoms with Crippen molar-refractivity contribution in [2.75, 3.05) is 0 Å². The number of carbonyl (C=O) groups excluding carboxylic acids is 1. The first-order valence-electron chi connectivity index (χ1n) is 9.46. The van der Waals surface area contributed by atoms with Gasteiger partial charge in [-0.05, 0) is 55.5 Å². The van der Waals surface area contributed by atoms with Crippen molar-refractivity contribution in [3.63, 3.8) is 0 Å². The molecule has 0 atom stereocenters. The van der Waals surface area contributed by atoms with E-state index < -0.39 is 5.91 Å². The van der Waals surface area contributed by atoms with E-state index in [2.05, 4.69) is 18.8 Å². The first-order chi connectivity index (χ1) is 13.5. The molecule has 0 unspecified atom stereocenters. The fourth-order valence-corrected chi connectivity index (χ4v) is 2.53. The summed E-state index contributed by atoms with van der Waals surface area (Å²) in [6.45, 7) is 8.02. The number of hydrogen-bond acceptors (Lipinski definition) is 3. The van der Waals surface area contributed by atoms with Crippen LogP contribution < -0.4 is 5.48 Å². The van der Waals surface area contributed by atoms with Crippen molar-refractivity contribution in [1.29, 1.82) is 0 Å². The minimum atomic E-state index is -0.644. The van der Waals surface area contributed by atoms with Gasteiger partial charge in [-0.3, -0.25) is 15.0 Å². The van der Waals surface area contributed by atoms with Crippen molar-refractivity contribution in [3.05, 3.63) is 76.4 Å². The molecule has 0 saturated carbocycles. The predicted octanol–water partition coefficient (Wildman–Crippen LogP) is 5.74. The molecule has 0 bridgehead atoms. The maximum atomic E-state index is 12.9. The Balaban J connectivity index is 0.00000122. The van der Waals surface area contributed by atoms with E-state index in [9.17, 15) is 9.18 Å². The van der Waals surface area contributed by atoms with Gasteiger partial charge in [0, 0.05) is 11.8 Å². The van der Waals surface area contributed by atoms with Crippen LogP contribution in [0.3, 0.4) is 0 Å². The number of nitrogens with one attached hydrogen (secondary N) is 1. The number of halogens is 1. The van der Waals surface area contributed by atoms with Gasteiger partial charge in [0.15, 0.2) is 0 Å². The molecule has 0 fully saturated rings. The van der Waals surface area contributed by atoms with Crippen LogP contribution in [0.4, 0.5) is 4.39 Å². The lowest BCUT2D eigenvalue weighted by atomic mass is 9.99. The summed E-state index contributed by atoms with van der Waals surface area (Å²) in [4.78, 5) is 15.9. The third-order valence-corrected chi connectivity index (χ3v) is 3.80. The number of carbonyl (C=O) groups is 1. The molecule has 1 amide bonds. The summed E-state index contributed by atoms with van der Waals surface area (Å²) in [5.74, 6) is -0.883. The van der Waals surface area contributed by atoms with Crippen molar-refractivity contribution in [3.8, 4) is 0 Å². The van der Waals surface area contributed by atoms with Crippen LogP contribution in [-0.2, 0) is 6.42 Å². The average molecular weight is 384 g/mol. The van der Waals surface area contributed by atoms with Crippen LogP contribution in [0.1, 0.15) is 66.4 Å². The summed E-state index contributed by atoms with van der Waals surface area (Å²) in [5.41, 5.74) is 5.33. The Labute approximate surface area is 166 Å². The SMILES string of the molecule is C/C=C/c1c(C(=O)NO)ncc(C)c1/C=C\CCc1ccc(F)cc1.CCC. The second-order valence-corrected chi connectivity index (χ2v) is 6.33. The zero-order chi connectivity index (χ0) is 20.9. The third kappa shape index (κ3) is 7.08. The van der Waals surface area contributed by atoms with Gasteiger partial charge in [0.1, 0.15) is 11.5 Å². The molecule has 2 aromatic rings. The smallest absolute Gasteiger partial charge is 0.288 e. The Hall–Kier alpha value is -2.79. The van der Waals surface area contributed by atoms with Crippen LogP contribution >= 0.6 is 0 Å². The van der Waals surface area contributed by atoms with Gasteiger partial charge < -0.3 is 0 Å². The molecule has 5 heteroatoms. The van der Waals surface area contributed by atoms with E-state index in [4.69, 9.17) is 5.21 Å². The number of amides is 1. The Bertz CT molecular complexity index is 812. The predicted molar refractivity (Wildman–Crippen MR) is 113 cm³/mol. The quantitative estimate of drug-likeness (QED) is 0.493. The number of hydrogen-bond donors (Lipinski definition) is 2. The van der Waals surface area contributed by atoms with Gasteiger partial charge in [-0.1, -0.05) is 56.7 Å². The van der Waals surface area contributed by atoms with E-state index in [0.29, 0.717) is 5.56 Å². The molecule has 0 aliphatic carbocycles. The van der Waals surface area contributed by atoms with Gasteiger partial charge in [0.05, 0.1) is 0 Å². The molecule has 28 heavy (non-hydrogen) atoms. The summed E-state index contributed by atoms with van der Waals surface area (Å²) in [5, 5.41) is 8.89. The summed E-state index contributed by atoms with van der Waals surface area (Å²) < 4.78 is 12.9. The number of nitrogens with zero attached hydrogens (tertiary/aromatic N) is 1. The minimum absolute atomic E-state index is 0.171. The standard InChI is InChI=1S/C20H21FN2O2.C3H8/c1-3-6-18-17(14(2)13-22-19(18)20(24)23-25)8-5-4-7-15-9-11-16(21)12-10-15;1-3-2/h3,5-6,8-13,25H,4,7H2,1-2H3,(H,23,24);3H2,1-2H3/b6-3+,8-5-;. The number of allylic oxidation sites excluding steroid dienone is 2. The summed E-state index contributed by atoms with van der Waals surface area (Å²) in [6.07, 6.45) is 12.0. The lowest BCUT2D eigenvalue weighted by Crippen LogP contribution is -2.21. The Morgan fingerprint density at radius 3 is 2.39 bits per heavy atom. The molecule has 150 valence electrons. The van der Waals surface area contributed by atoms with Crippen molar-refractivity contribution in [1.82, 2.24) is 10.5 Å². The van der Waals surface area contributed by atoms with Gasteiger partial charge >= 0.3 is 0 Å². The van der Waals surface area contributed by atoms with Crippen LogP contribution in [0.25, 0.3) is 12.2 Å². The first-order valence-corrected chi connectivity index (χ1v) is 9.46. The summed E-state index contributed by atoms with van der Waals surface area (Å²) in [6, 6.07) is 6.46. The van der Waals surface area contributed by atoms with E-state index >= 15 is 0 Å². The molecule has 4 nitrogen and oxygen atoms in total. The van der Waals surface area contributed by atoms with Crippen LogP contribution in [0.5, 0.6) is 0 Å². The van der Waals surface area contributed by atoms with Gasteiger partial charge in [-0.25, -0.2) is 9.87 Å². The van der Waals surface area contributed by atoms with Gasteiger partial charge in [-0.15, -0.1) is 0 Å². The third-order valence-electron chi connectivity index (χ3n) is 3.80. The highest BCUT2D eigenvalue weighted by Gasteiger charge is 2.14. The summed E-state index contributed by atoms with van der Waals surface area (Å²) in [7, 11) is 0. The fourth-order valence-electron chi connectivity index (χ4n) is 2.53. The van der Waals surface area contributed by atoms with Crippen molar-refractivity contribution in [2.24, 2.45) is 0 Å². The summed E-state index contributed by atoms with van der Waals surface area (Å²) >= 11 is 0. The normalized spacial score (nSPS) is 10.8. The van der Waals surface area contributed by atoms with E-state index in [-0.39, 0.29) is 11.5 Å². The number of benzene rings is 1. The molecule has 0 aliphatic rings. The van der Waals surface area contributed by atoms with Gasteiger partial charge in [0.2, 0.25) is 0 Å². The number of aromatic nitrogens is 1. The molecular weight excluding hydrogens is 355 g/mol.